The molecule has 0 bridgehead atoms. The maximum atomic E-state index is 12.7. The second-order valence-electron chi connectivity index (χ2n) is 7.29. The quantitative estimate of drug-likeness (QED) is 0.657. The van der Waals surface area contributed by atoms with Crippen LogP contribution in [0.3, 0.4) is 0 Å². The lowest BCUT2D eigenvalue weighted by Crippen LogP contribution is -2.33. The van der Waals surface area contributed by atoms with Crippen molar-refractivity contribution in [2.45, 2.75) is 38.0 Å². The van der Waals surface area contributed by atoms with Crippen LogP contribution in [0.2, 0.25) is 0 Å². The minimum Gasteiger partial charge on any atom is -0.376 e. The number of hydrogen-bond acceptors (Lipinski definition) is 3. The summed E-state index contributed by atoms with van der Waals surface area (Å²) in [7, 11) is 0. The molecule has 4 rings (SSSR count). The molecule has 0 spiro atoms. The first kappa shape index (κ1) is 19.2. The number of amides is 2. The SMILES string of the molecule is O=C(Nc1cnn(C[C@@H]2CCCCO2)c1)NC(c1ccccc1)c1ccccc1. The summed E-state index contributed by atoms with van der Waals surface area (Å²) in [6.07, 6.45) is 7.09. The molecule has 150 valence electrons. The molecule has 2 N–H and O–H groups in total. The summed E-state index contributed by atoms with van der Waals surface area (Å²) in [5.41, 5.74) is 2.72. The lowest BCUT2D eigenvalue weighted by molar-refractivity contribution is 0.00401. The Hall–Kier alpha value is -3.12. The van der Waals surface area contributed by atoms with Gasteiger partial charge in [0, 0.05) is 12.8 Å². The molecule has 2 amide bonds. The number of urea groups is 1. The third kappa shape index (κ3) is 5.23. The Kier molecular flexibility index (Phi) is 6.22. The Balaban J connectivity index is 1.41. The van der Waals surface area contributed by atoms with Gasteiger partial charge in [-0.15, -0.1) is 0 Å². The van der Waals surface area contributed by atoms with Crippen molar-refractivity contribution in [3.05, 3.63) is 84.2 Å². The van der Waals surface area contributed by atoms with Crippen LogP contribution in [-0.2, 0) is 11.3 Å². The van der Waals surface area contributed by atoms with Crippen LogP contribution in [0.15, 0.2) is 73.1 Å². The average Bonchev–Trinajstić information content (AvgIpc) is 3.20. The van der Waals surface area contributed by atoms with Crippen molar-refractivity contribution in [1.29, 1.82) is 0 Å². The lowest BCUT2D eigenvalue weighted by Gasteiger charge is -2.22. The highest BCUT2D eigenvalue weighted by Gasteiger charge is 2.18. The van der Waals surface area contributed by atoms with E-state index in [0.29, 0.717) is 12.2 Å². The highest BCUT2D eigenvalue weighted by Crippen LogP contribution is 2.22. The molecule has 6 heteroatoms. The third-order valence-electron chi connectivity index (χ3n) is 5.10. The first-order valence-electron chi connectivity index (χ1n) is 10.1. The summed E-state index contributed by atoms with van der Waals surface area (Å²) < 4.78 is 7.59. The zero-order valence-electron chi connectivity index (χ0n) is 16.3. The van der Waals surface area contributed by atoms with E-state index in [4.69, 9.17) is 4.74 Å². The number of carbonyl (C=O) groups excluding carboxylic acids is 1. The number of nitrogens with one attached hydrogen (secondary N) is 2. The van der Waals surface area contributed by atoms with Crippen LogP contribution in [0.1, 0.15) is 36.4 Å². The summed E-state index contributed by atoms with van der Waals surface area (Å²) in [4.78, 5) is 12.7. The number of aromatic nitrogens is 2. The van der Waals surface area contributed by atoms with Crippen LogP contribution in [0.4, 0.5) is 10.5 Å². The van der Waals surface area contributed by atoms with Gasteiger partial charge in [-0.2, -0.15) is 5.10 Å². The van der Waals surface area contributed by atoms with Crippen molar-refractivity contribution in [2.24, 2.45) is 0 Å². The summed E-state index contributed by atoms with van der Waals surface area (Å²) in [5, 5.41) is 10.3. The van der Waals surface area contributed by atoms with Crippen LogP contribution >= 0.6 is 0 Å². The molecule has 0 saturated carbocycles. The van der Waals surface area contributed by atoms with Crippen molar-refractivity contribution in [1.82, 2.24) is 15.1 Å². The van der Waals surface area contributed by atoms with Crippen molar-refractivity contribution < 1.29 is 9.53 Å². The molecule has 6 nitrogen and oxygen atoms in total. The predicted molar refractivity (Wildman–Crippen MR) is 113 cm³/mol. The van der Waals surface area contributed by atoms with E-state index in [9.17, 15) is 4.79 Å². The number of benzene rings is 2. The molecule has 0 radical (unpaired) electrons. The smallest absolute Gasteiger partial charge is 0.320 e. The topological polar surface area (TPSA) is 68.2 Å². The van der Waals surface area contributed by atoms with Gasteiger partial charge < -0.3 is 15.4 Å². The van der Waals surface area contributed by atoms with Crippen molar-refractivity contribution in [2.75, 3.05) is 11.9 Å². The van der Waals surface area contributed by atoms with Gasteiger partial charge in [0.05, 0.1) is 30.6 Å². The molecule has 0 aliphatic carbocycles. The molecule has 1 fully saturated rings. The zero-order chi connectivity index (χ0) is 19.9. The predicted octanol–water partition coefficient (Wildman–Crippen LogP) is 4.36. The summed E-state index contributed by atoms with van der Waals surface area (Å²) in [6, 6.07) is 19.4. The Labute approximate surface area is 170 Å². The fraction of sp³-hybridized carbons (Fsp3) is 0.304. The molecule has 1 saturated heterocycles. The summed E-state index contributed by atoms with van der Waals surface area (Å²) >= 11 is 0. The number of nitrogens with zero attached hydrogens (tertiary/aromatic N) is 2. The van der Waals surface area contributed by atoms with Gasteiger partial charge in [0.2, 0.25) is 0 Å². The van der Waals surface area contributed by atoms with Gasteiger partial charge in [0.25, 0.3) is 0 Å². The van der Waals surface area contributed by atoms with E-state index in [1.165, 1.54) is 6.42 Å². The summed E-state index contributed by atoms with van der Waals surface area (Å²) in [6.45, 7) is 1.53. The average molecular weight is 390 g/mol. The van der Waals surface area contributed by atoms with Crippen LogP contribution < -0.4 is 10.6 Å². The van der Waals surface area contributed by atoms with Gasteiger partial charge in [-0.3, -0.25) is 4.68 Å². The molecule has 2 heterocycles. The van der Waals surface area contributed by atoms with E-state index in [-0.39, 0.29) is 18.2 Å². The Bertz CT molecular complexity index is 865. The molecule has 0 unspecified atom stereocenters. The standard InChI is InChI=1S/C23H26N4O2/c28-23(25-20-15-24-27(16-20)17-21-13-7-8-14-29-21)26-22(18-9-3-1-4-10-18)19-11-5-2-6-12-19/h1-6,9-12,15-16,21-22H,7-8,13-14,17H2,(H2,25,26,28)/t21-/m0/s1. The molecular formula is C23H26N4O2. The molecule has 1 aliphatic heterocycles. The van der Waals surface area contributed by atoms with Gasteiger partial charge in [0.1, 0.15) is 0 Å². The monoisotopic (exact) mass is 390 g/mol. The van der Waals surface area contributed by atoms with E-state index in [1.54, 1.807) is 6.20 Å². The van der Waals surface area contributed by atoms with E-state index in [0.717, 1.165) is 30.6 Å². The van der Waals surface area contributed by atoms with E-state index in [2.05, 4.69) is 15.7 Å². The molecular weight excluding hydrogens is 364 g/mol. The number of hydrogen-bond donors (Lipinski definition) is 2. The second-order valence-corrected chi connectivity index (χ2v) is 7.29. The molecule has 1 aromatic heterocycles. The number of ether oxygens (including phenoxy) is 1. The van der Waals surface area contributed by atoms with Crippen LogP contribution in [0, 0.1) is 0 Å². The zero-order valence-corrected chi connectivity index (χ0v) is 16.3. The van der Waals surface area contributed by atoms with Gasteiger partial charge in [-0.1, -0.05) is 60.7 Å². The number of anilines is 1. The van der Waals surface area contributed by atoms with Gasteiger partial charge in [0.15, 0.2) is 0 Å². The van der Waals surface area contributed by atoms with Gasteiger partial charge >= 0.3 is 6.03 Å². The first-order chi connectivity index (χ1) is 14.3. The highest BCUT2D eigenvalue weighted by molar-refractivity contribution is 5.89. The van der Waals surface area contributed by atoms with E-state index in [1.807, 2.05) is 71.5 Å². The van der Waals surface area contributed by atoms with Gasteiger partial charge in [-0.25, -0.2) is 4.79 Å². The molecule has 1 atom stereocenters. The van der Waals surface area contributed by atoms with E-state index < -0.39 is 0 Å². The van der Waals surface area contributed by atoms with Crippen molar-refractivity contribution >= 4 is 11.7 Å². The maximum Gasteiger partial charge on any atom is 0.320 e. The molecule has 2 aromatic carbocycles. The molecule has 3 aromatic rings. The largest absolute Gasteiger partial charge is 0.376 e. The molecule has 1 aliphatic rings. The fourth-order valence-corrected chi connectivity index (χ4v) is 3.64. The lowest BCUT2D eigenvalue weighted by atomic mass is 9.99. The fourth-order valence-electron chi connectivity index (χ4n) is 3.64. The third-order valence-corrected chi connectivity index (χ3v) is 5.10. The molecule has 29 heavy (non-hydrogen) atoms. The van der Waals surface area contributed by atoms with E-state index >= 15 is 0 Å². The minimum atomic E-state index is -0.267. The van der Waals surface area contributed by atoms with Gasteiger partial charge in [-0.05, 0) is 30.4 Å². The minimum absolute atomic E-state index is 0.200. The Morgan fingerprint density at radius 1 is 1.07 bits per heavy atom. The highest BCUT2D eigenvalue weighted by atomic mass is 16.5. The van der Waals surface area contributed by atoms with Crippen LogP contribution in [-0.4, -0.2) is 28.5 Å². The number of rotatable bonds is 6. The Morgan fingerprint density at radius 2 is 1.76 bits per heavy atom. The number of carbonyl (C=O) groups is 1. The Morgan fingerprint density at radius 3 is 2.38 bits per heavy atom. The van der Waals surface area contributed by atoms with Crippen molar-refractivity contribution in [3.8, 4) is 0 Å². The first-order valence-corrected chi connectivity index (χ1v) is 10.1. The van der Waals surface area contributed by atoms with Crippen LogP contribution in [0.25, 0.3) is 0 Å². The maximum absolute atomic E-state index is 12.7. The second kappa shape index (κ2) is 9.39. The van der Waals surface area contributed by atoms with Crippen molar-refractivity contribution in [3.63, 3.8) is 0 Å². The van der Waals surface area contributed by atoms with Crippen LogP contribution in [0.5, 0.6) is 0 Å². The normalized spacial score (nSPS) is 16.5. The summed E-state index contributed by atoms with van der Waals surface area (Å²) in [5.74, 6) is 0.